The SMILES string of the molecule is CO[C@@H]1CC(c2ncc[nH]2)N(C(=O)c2ccc(C)o2)C1. The number of likely N-dealkylation sites (tertiary alicyclic amines) is 1. The van der Waals surface area contributed by atoms with Crippen LogP contribution in [0.25, 0.3) is 0 Å². The van der Waals surface area contributed by atoms with E-state index in [1.54, 1.807) is 36.5 Å². The largest absolute Gasteiger partial charge is 0.456 e. The van der Waals surface area contributed by atoms with Crippen molar-refractivity contribution in [2.45, 2.75) is 25.5 Å². The van der Waals surface area contributed by atoms with Gasteiger partial charge in [0.2, 0.25) is 0 Å². The van der Waals surface area contributed by atoms with Crippen molar-refractivity contribution in [3.8, 4) is 0 Å². The molecule has 2 aromatic heterocycles. The van der Waals surface area contributed by atoms with Gasteiger partial charge in [0.05, 0.1) is 12.1 Å². The molecule has 0 aromatic carbocycles. The van der Waals surface area contributed by atoms with Gasteiger partial charge in [-0.1, -0.05) is 0 Å². The van der Waals surface area contributed by atoms with Crippen LogP contribution in [0.5, 0.6) is 0 Å². The molecular formula is C14H17N3O3. The minimum atomic E-state index is -0.126. The van der Waals surface area contributed by atoms with Crippen LogP contribution in [0.4, 0.5) is 0 Å². The van der Waals surface area contributed by atoms with Crippen LogP contribution in [0.1, 0.15) is 34.6 Å². The Hall–Kier alpha value is -2.08. The zero-order valence-electron chi connectivity index (χ0n) is 11.5. The van der Waals surface area contributed by atoms with Gasteiger partial charge < -0.3 is 19.0 Å². The molecule has 0 saturated carbocycles. The Bertz CT molecular complexity index is 591. The molecule has 1 aliphatic heterocycles. The van der Waals surface area contributed by atoms with E-state index in [1.165, 1.54) is 0 Å². The second kappa shape index (κ2) is 5.13. The average Bonchev–Trinajstić information content (AvgIpc) is 3.17. The molecule has 0 aliphatic carbocycles. The zero-order chi connectivity index (χ0) is 14.1. The number of aromatic amines is 1. The van der Waals surface area contributed by atoms with E-state index in [-0.39, 0.29) is 18.1 Å². The van der Waals surface area contributed by atoms with Gasteiger partial charge in [-0.15, -0.1) is 0 Å². The van der Waals surface area contributed by atoms with Crippen LogP contribution >= 0.6 is 0 Å². The van der Waals surface area contributed by atoms with Crippen molar-refractivity contribution in [3.63, 3.8) is 0 Å². The molecule has 6 heteroatoms. The number of ether oxygens (including phenoxy) is 1. The monoisotopic (exact) mass is 275 g/mol. The summed E-state index contributed by atoms with van der Waals surface area (Å²) in [7, 11) is 1.66. The van der Waals surface area contributed by atoms with Crippen molar-refractivity contribution >= 4 is 5.91 Å². The Morgan fingerprint density at radius 2 is 2.40 bits per heavy atom. The average molecular weight is 275 g/mol. The standard InChI is InChI=1S/C14H17N3O3/c1-9-3-4-12(20-9)14(18)17-8-10(19-2)7-11(17)13-15-5-6-16-13/h3-6,10-11H,7-8H2,1-2H3,(H,15,16)/t10-,11?/m1/s1. The van der Waals surface area contributed by atoms with Gasteiger partial charge >= 0.3 is 0 Å². The van der Waals surface area contributed by atoms with Crippen LogP contribution < -0.4 is 0 Å². The third-order valence-corrected chi connectivity index (χ3v) is 3.64. The summed E-state index contributed by atoms with van der Waals surface area (Å²) in [6, 6.07) is 3.39. The molecule has 3 rings (SSSR count). The van der Waals surface area contributed by atoms with Crippen molar-refractivity contribution in [1.82, 2.24) is 14.9 Å². The topological polar surface area (TPSA) is 71.4 Å². The molecule has 106 valence electrons. The van der Waals surface area contributed by atoms with Crippen molar-refractivity contribution in [2.24, 2.45) is 0 Å². The predicted octanol–water partition coefficient (Wildman–Crippen LogP) is 1.91. The number of hydrogen-bond donors (Lipinski definition) is 1. The van der Waals surface area contributed by atoms with E-state index >= 15 is 0 Å². The molecule has 0 spiro atoms. The van der Waals surface area contributed by atoms with Gasteiger partial charge in [-0.2, -0.15) is 0 Å². The van der Waals surface area contributed by atoms with Crippen LogP contribution in [-0.2, 0) is 4.74 Å². The maximum atomic E-state index is 12.6. The number of furan rings is 1. The highest BCUT2D eigenvalue weighted by Crippen LogP contribution is 2.32. The van der Waals surface area contributed by atoms with Crippen LogP contribution in [-0.4, -0.2) is 40.5 Å². The maximum Gasteiger partial charge on any atom is 0.290 e. The van der Waals surface area contributed by atoms with Crippen LogP contribution in [0.15, 0.2) is 28.9 Å². The molecule has 1 amide bonds. The summed E-state index contributed by atoms with van der Waals surface area (Å²) in [6.07, 6.45) is 4.20. The fourth-order valence-electron chi connectivity index (χ4n) is 2.60. The molecule has 0 bridgehead atoms. The Morgan fingerprint density at radius 3 is 3.00 bits per heavy atom. The number of carbonyl (C=O) groups excluding carboxylic acids is 1. The summed E-state index contributed by atoms with van der Waals surface area (Å²) in [5.74, 6) is 1.74. The molecular weight excluding hydrogens is 258 g/mol. The van der Waals surface area contributed by atoms with Gasteiger partial charge in [-0.05, 0) is 19.1 Å². The van der Waals surface area contributed by atoms with Gasteiger partial charge in [-0.25, -0.2) is 4.98 Å². The van der Waals surface area contributed by atoms with Crippen molar-refractivity contribution < 1.29 is 13.9 Å². The first-order chi connectivity index (χ1) is 9.69. The number of H-pyrrole nitrogens is 1. The van der Waals surface area contributed by atoms with Crippen molar-refractivity contribution in [2.75, 3.05) is 13.7 Å². The molecule has 1 saturated heterocycles. The minimum absolute atomic E-state index is 0.0186. The molecule has 1 fully saturated rings. The molecule has 2 aromatic rings. The number of methoxy groups -OCH3 is 1. The molecule has 20 heavy (non-hydrogen) atoms. The summed E-state index contributed by atoms with van der Waals surface area (Å²) in [4.78, 5) is 21.7. The van der Waals surface area contributed by atoms with E-state index in [0.717, 1.165) is 18.0 Å². The number of nitrogens with one attached hydrogen (secondary N) is 1. The second-order valence-corrected chi connectivity index (χ2v) is 4.95. The first-order valence-corrected chi connectivity index (χ1v) is 6.58. The number of amides is 1. The number of carbonyl (C=O) groups is 1. The second-order valence-electron chi connectivity index (χ2n) is 4.95. The minimum Gasteiger partial charge on any atom is -0.456 e. The highest BCUT2D eigenvalue weighted by atomic mass is 16.5. The van der Waals surface area contributed by atoms with Crippen LogP contribution in [0.3, 0.4) is 0 Å². The Kier molecular flexibility index (Phi) is 3.31. The zero-order valence-corrected chi connectivity index (χ0v) is 11.5. The molecule has 1 aliphatic rings. The maximum absolute atomic E-state index is 12.6. The van der Waals surface area contributed by atoms with Gasteiger partial charge in [0.1, 0.15) is 11.6 Å². The lowest BCUT2D eigenvalue weighted by Crippen LogP contribution is -2.32. The van der Waals surface area contributed by atoms with E-state index in [9.17, 15) is 4.79 Å². The van der Waals surface area contributed by atoms with Crippen LogP contribution in [0, 0.1) is 6.92 Å². The van der Waals surface area contributed by atoms with E-state index in [0.29, 0.717) is 12.3 Å². The summed E-state index contributed by atoms with van der Waals surface area (Å²) in [6.45, 7) is 2.36. The summed E-state index contributed by atoms with van der Waals surface area (Å²) >= 11 is 0. The molecule has 2 atom stereocenters. The fourth-order valence-corrected chi connectivity index (χ4v) is 2.60. The predicted molar refractivity (Wildman–Crippen MR) is 71.2 cm³/mol. The molecule has 1 unspecified atom stereocenters. The number of rotatable bonds is 3. The molecule has 1 N–H and O–H groups in total. The third-order valence-electron chi connectivity index (χ3n) is 3.64. The highest BCUT2D eigenvalue weighted by molar-refractivity contribution is 5.92. The smallest absolute Gasteiger partial charge is 0.290 e. The third kappa shape index (κ3) is 2.22. The van der Waals surface area contributed by atoms with E-state index < -0.39 is 0 Å². The van der Waals surface area contributed by atoms with Gasteiger partial charge in [0.25, 0.3) is 5.91 Å². The molecule has 0 radical (unpaired) electrons. The van der Waals surface area contributed by atoms with Crippen LogP contribution in [0.2, 0.25) is 0 Å². The first kappa shape index (κ1) is 12.9. The summed E-state index contributed by atoms with van der Waals surface area (Å²) < 4.78 is 10.8. The quantitative estimate of drug-likeness (QED) is 0.928. The lowest BCUT2D eigenvalue weighted by Gasteiger charge is -2.21. The van der Waals surface area contributed by atoms with Gasteiger partial charge in [0.15, 0.2) is 5.76 Å². The fraction of sp³-hybridized carbons (Fsp3) is 0.429. The number of hydrogen-bond acceptors (Lipinski definition) is 4. The number of aryl methyl sites for hydroxylation is 1. The molecule has 3 heterocycles. The number of nitrogens with zero attached hydrogens (tertiary/aromatic N) is 2. The van der Waals surface area contributed by atoms with E-state index in [2.05, 4.69) is 9.97 Å². The Labute approximate surface area is 116 Å². The summed E-state index contributed by atoms with van der Waals surface area (Å²) in [5.41, 5.74) is 0. The van der Waals surface area contributed by atoms with E-state index in [4.69, 9.17) is 9.15 Å². The Balaban J connectivity index is 1.87. The normalized spacial score (nSPS) is 22.4. The number of aromatic nitrogens is 2. The molecule has 6 nitrogen and oxygen atoms in total. The van der Waals surface area contributed by atoms with Crippen molar-refractivity contribution in [3.05, 3.63) is 41.9 Å². The first-order valence-electron chi connectivity index (χ1n) is 6.58. The lowest BCUT2D eigenvalue weighted by atomic mass is 10.2. The number of imidazole rings is 1. The van der Waals surface area contributed by atoms with Crippen molar-refractivity contribution in [1.29, 1.82) is 0 Å². The summed E-state index contributed by atoms with van der Waals surface area (Å²) in [5, 5.41) is 0. The van der Waals surface area contributed by atoms with Gasteiger partial charge in [0, 0.05) is 32.5 Å². The Morgan fingerprint density at radius 1 is 1.55 bits per heavy atom. The van der Waals surface area contributed by atoms with Gasteiger partial charge in [-0.3, -0.25) is 4.79 Å². The van der Waals surface area contributed by atoms with E-state index in [1.807, 2.05) is 6.92 Å². The lowest BCUT2D eigenvalue weighted by molar-refractivity contribution is 0.0653. The highest BCUT2D eigenvalue weighted by Gasteiger charge is 2.38.